The molecule has 0 fully saturated rings. The third-order valence-corrected chi connectivity index (χ3v) is 5.35. The summed E-state index contributed by atoms with van der Waals surface area (Å²) >= 11 is 1.62. The zero-order valence-corrected chi connectivity index (χ0v) is 16.4. The first-order chi connectivity index (χ1) is 13.7. The summed E-state index contributed by atoms with van der Waals surface area (Å²) in [6, 6.07) is 15.4. The van der Waals surface area contributed by atoms with Gasteiger partial charge in [-0.2, -0.15) is 0 Å². The van der Waals surface area contributed by atoms with Gasteiger partial charge in [-0.1, -0.05) is 23.4 Å². The van der Waals surface area contributed by atoms with Crippen molar-refractivity contribution >= 4 is 23.4 Å². The zero-order chi connectivity index (χ0) is 19.5. The molecular weight excluding hydrogens is 376 g/mol. The molecule has 0 saturated carbocycles. The molecule has 0 radical (unpaired) electrons. The smallest absolute Gasteiger partial charge is 0.278 e. The topological polar surface area (TPSA) is 78.3 Å². The molecule has 1 atom stereocenters. The molecule has 0 saturated heterocycles. The largest absolute Gasteiger partial charge is 0.497 e. The number of carbonyl (C=O) groups excluding carboxylic acids is 1. The summed E-state index contributed by atoms with van der Waals surface area (Å²) in [4.78, 5) is 13.7. The molecule has 8 heteroatoms. The van der Waals surface area contributed by atoms with Gasteiger partial charge in [-0.05, 0) is 42.2 Å². The van der Waals surface area contributed by atoms with Crippen LogP contribution in [-0.2, 0) is 17.9 Å². The Morgan fingerprint density at radius 1 is 1.29 bits per heavy atom. The van der Waals surface area contributed by atoms with Crippen LogP contribution in [0.4, 0.5) is 5.69 Å². The highest BCUT2D eigenvalue weighted by Crippen LogP contribution is 2.28. The van der Waals surface area contributed by atoms with E-state index < -0.39 is 0 Å². The number of aromatic nitrogens is 3. The van der Waals surface area contributed by atoms with Gasteiger partial charge in [0, 0.05) is 10.6 Å². The van der Waals surface area contributed by atoms with Crippen LogP contribution in [0.3, 0.4) is 0 Å². The molecule has 4 rings (SSSR count). The minimum atomic E-state index is -0.286. The number of nitrogens with one attached hydrogen (secondary N) is 1. The Morgan fingerprint density at radius 2 is 2.11 bits per heavy atom. The summed E-state index contributed by atoms with van der Waals surface area (Å²) in [6.45, 7) is 0.779. The van der Waals surface area contributed by atoms with Crippen molar-refractivity contribution in [2.45, 2.75) is 24.2 Å². The average Bonchev–Trinajstić information content (AvgIpc) is 3.17. The highest BCUT2D eigenvalue weighted by atomic mass is 32.2. The first kappa shape index (κ1) is 18.5. The number of nitrogens with zero attached hydrogens (tertiary/aromatic N) is 3. The Hall–Kier alpha value is -2.84. The molecule has 144 valence electrons. The molecule has 0 aliphatic carbocycles. The average molecular weight is 396 g/mol. The number of hydrogen-bond donors (Lipinski definition) is 1. The van der Waals surface area contributed by atoms with E-state index in [2.05, 4.69) is 15.6 Å². The third kappa shape index (κ3) is 3.74. The van der Waals surface area contributed by atoms with Gasteiger partial charge in [-0.3, -0.25) is 4.79 Å². The van der Waals surface area contributed by atoms with Gasteiger partial charge >= 0.3 is 0 Å². The second kappa shape index (κ2) is 8.04. The molecule has 1 amide bonds. The quantitative estimate of drug-likeness (QED) is 0.665. The van der Waals surface area contributed by atoms with Crippen LogP contribution in [-0.4, -0.2) is 34.3 Å². The SMILES string of the molecule is COc1ccc([C@H]2Cn3nnc(C(=O)Nc4cccc(SC)c4)c3CO2)cc1. The Labute approximate surface area is 167 Å². The molecule has 7 nitrogen and oxygen atoms in total. The second-order valence-electron chi connectivity index (χ2n) is 6.33. The minimum absolute atomic E-state index is 0.144. The fourth-order valence-corrected chi connectivity index (χ4v) is 3.56. The molecular formula is C20H20N4O3S. The van der Waals surface area contributed by atoms with Crippen molar-refractivity contribution in [3.05, 3.63) is 65.5 Å². The number of benzene rings is 2. The van der Waals surface area contributed by atoms with Crippen LogP contribution in [0.2, 0.25) is 0 Å². The lowest BCUT2D eigenvalue weighted by molar-refractivity contribution is -0.00173. The summed E-state index contributed by atoms with van der Waals surface area (Å²) in [5.41, 5.74) is 2.74. The fraction of sp³-hybridized carbons (Fsp3) is 0.250. The van der Waals surface area contributed by atoms with Gasteiger partial charge in [0.15, 0.2) is 5.69 Å². The molecule has 1 N–H and O–H groups in total. The third-order valence-electron chi connectivity index (χ3n) is 4.63. The van der Waals surface area contributed by atoms with Crippen LogP contribution < -0.4 is 10.1 Å². The normalized spacial score (nSPS) is 15.7. The standard InChI is InChI=1S/C20H20N4O3S/c1-26-15-8-6-13(7-9-15)18-11-24-17(12-27-18)19(22-23-24)20(25)21-14-4-3-5-16(10-14)28-2/h3-10,18H,11-12H2,1-2H3,(H,21,25)/t18-/m1/s1. The van der Waals surface area contributed by atoms with Gasteiger partial charge < -0.3 is 14.8 Å². The Kier molecular flexibility index (Phi) is 5.31. The van der Waals surface area contributed by atoms with Crippen LogP contribution in [0.1, 0.15) is 27.8 Å². The second-order valence-corrected chi connectivity index (χ2v) is 7.21. The molecule has 1 aliphatic rings. The number of thioether (sulfide) groups is 1. The number of ether oxygens (including phenoxy) is 2. The maximum atomic E-state index is 12.7. The van der Waals surface area contributed by atoms with Crippen LogP contribution in [0.25, 0.3) is 0 Å². The van der Waals surface area contributed by atoms with Crippen LogP contribution in [0.5, 0.6) is 5.75 Å². The van der Waals surface area contributed by atoms with E-state index in [1.54, 1.807) is 23.6 Å². The van der Waals surface area contributed by atoms with E-state index in [4.69, 9.17) is 9.47 Å². The van der Waals surface area contributed by atoms with Crippen molar-refractivity contribution in [2.24, 2.45) is 0 Å². The van der Waals surface area contributed by atoms with Crippen molar-refractivity contribution in [3.8, 4) is 5.75 Å². The van der Waals surface area contributed by atoms with Gasteiger partial charge in [-0.15, -0.1) is 16.9 Å². The highest BCUT2D eigenvalue weighted by molar-refractivity contribution is 7.98. The fourth-order valence-electron chi connectivity index (χ4n) is 3.10. The lowest BCUT2D eigenvalue weighted by Gasteiger charge is -2.24. The molecule has 0 spiro atoms. The summed E-state index contributed by atoms with van der Waals surface area (Å²) in [5, 5.41) is 11.1. The van der Waals surface area contributed by atoms with E-state index in [1.807, 2.05) is 54.8 Å². The summed E-state index contributed by atoms with van der Waals surface area (Å²) in [6.07, 6.45) is 1.85. The molecule has 3 aromatic rings. The molecule has 0 bridgehead atoms. The molecule has 28 heavy (non-hydrogen) atoms. The van der Waals surface area contributed by atoms with E-state index in [9.17, 15) is 4.79 Å². The van der Waals surface area contributed by atoms with E-state index >= 15 is 0 Å². The molecule has 1 aliphatic heterocycles. The van der Waals surface area contributed by atoms with Crippen LogP contribution in [0.15, 0.2) is 53.4 Å². The first-order valence-corrected chi connectivity index (χ1v) is 10.0. The molecule has 0 unspecified atom stereocenters. The van der Waals surface area contributed by atoms with Crippen molar-refractivity contribution in [2.75, 3.05) is 18.7 Å². The zero-order valence-electron chi connectivity index (χ0n) is 15.6. The number of amides is 1. The Balaban J connectivity index is 1.49. The van der Waals surface area contributed by atoms with Crippen LogP contribution in [0, 0.1) is 0 Å². The molecule has 1 aromatic heterocycles. The predicted molar refractivity (Wildman–Crippen MR) is 107 cm³/mol. The monoisotopic (exact) mass is 396 g/mol. The summed E-state index contributed by atoms with van der Waals surface area (Å²) in [7, 11) is 1.64. The lowest BCUT2D eigenvalue weighted by Crippen LogP contribution is -2.24. The van der Waals surface area contributed by atoms with Crippen molar-refractivity contribution in [3.63, 3.8) is 0 Å². The maximum absolute atomic E-state index is 12.7. The predicted octanol–water partition coefficient (Wildman–Crippen LogP) is 3.53. The van der Waals surface area contributed by atoms with Crippen LogP contribution >= 0.6 is 11.8 Å². The van der Waals surface area contributed by atoms with Gasteiger partial charge in [0.2, 0.25) is 0 Å². The Bertz CT molecular complexity index is 987. The molecule has 2 heterocycles. The van der Waals surface area contributed by atoms with Gasteiger partial charge in [0.1, 0.15) is 11.9 Å². The first-order valence-electron chi connectivity index (χ1n) is 8.81. The lowest BCUT2D eigenvalue weighted by atomic mass is 10.1. The highest BCUT2D eigenvalue weighted by Gasteiger charge is 2.27. The number of carbonyl (C=O) groups is 1. The Morgan fingerprint density at radius 3 is 2.86 bits per heavy atom. The maximum Gasteiger partial charge on any atom is 0.278 e. The van der Waals surface area contributed by atoms with Gasteiger partial charge in [-0.25, -0.2) is 4.68 Å². The van der Waals surface area contributed by atoms with Crippen molar-refractivity contribution in [1.82, 2.24) is 15.0 Å². The number of fused-ring (bicyclic) bond motifs is 1. The van der Waals surface area contributed by atoms with Crippen molar-refractivity contribution < 1.29 is 14.3 Å². The summed E-state index contributed by atoms with van der Waals surface area (Å²) in [5.74, 6) is 0.511. The number of hydrogen-bond acceptors (Lipinski definition) is 6. The number of rotatable bonds is 5. The van der Waals surface area contributed by atoms with Crippen molar-refractivity contribution in [1.29, 1.82) is 0 Å². The molecule has 2 aromatic carbocycles. The van der Waals surface area contributed by atoms with E-state index in [0.29, 0.717) is 17.9 Å². The number of anilines is 1. The van der Waals surface area contributed by atoms with Gasteiger partial charge in [0.05, 0.1) is 26.0 Å². The van der Waals surface area contributed by atoms with Gasteiger partial charge in [0.25, 0.3) is 5.91 Å². The number of methoxy groups -OCH3 is 1. The minimum Gasteiger partial charge on any atom is -0.497 e. The summed E-state index contributed by atoms with van der Waals surface area (Å²) < 4.78 is 12.9. The van der Waals surface area contributed by atoms with E-state index in [0.717, 1.165) is 21.9 Å². The van der Waals surface area contributed by atoms with E-state index in [1.165, 1.54) is 0 Å². The van der Waals surface area contributed by atoms with E-state index in [-0.39, 0.29) is 18.6 Å².